The predicted octanol–water partition coefficient (Wildman–Crippen LogP) is 4.10. The molecule has 0 amide bonds. The van der Waals surface area contributed by atoms with E-state index in [0.29, 0.717) is 23.2 Å². The summed E-state index contributed by atoms with van der Waals surface area (Å²) in [5, 5.41) is 5.49. The van der Waals surface area contributed by atoms with Crippen molar-refractivity contribution in [3.05, 3.63) is 53.7 Å². The smallest absolute Gasteiger partial charge is 0.224 e. The SMILES string of the molecule is CN1CCC(CNc2nc3c(c(S(=O)(=O)c4ccc5ccccc5c4)n2)CCCC3)CC1. The van der Waals surface area contributed by atoms with Gasteiger partial charge in [0.1, 0.15) is 0 Å². The lowest BCUT2D eigenvalue weighted by molar-refractivity contribution is 0.226. The first kappa shape index (κ1) is 21.3. The molecule has 2 aliphatic rings. The van der Waals surface area contributed by atoms with Crippen molar-refractivity contribution in [3.63, 3.8) is 0 Å². The number of hydrogen-bond acceptors (Lipinski definition) is 6. The van der Waals surface area contributed by atoms with Crippen LogP contribution < -0.4 is 5.32 Å². The van der Waals surface area contributed by atoms with Crippen LogP contribution in [0, 0.1) is 5.92 Å². The number of hydrogen-bond donors (Lipinski definition) is 1. The van der Waals surface area contributed by atoms with Gasteiger partial charge in [-0.25, -0.2) is 18.4 Å². The van der Waals surface area contributed by atoms with Gasteiger partial charge in [-0.1, -0.05) is 30.3 Å². The maximum absolute atomic E-state index is 13.7. The Kier molecular flexibility index (Phi) is 5.86. The van der Waals surface area contributed by atoms with Gasteiger partial charge in [-0.2, -0.15) is 0 Å². The molecule has 0 bridgehead atoms. The molecule has 2 aromatic carbocycles. The fourth-order valence-corrected chi connectivity index (χ4v) is 6.31. The molecule has 32 heavy (non-hydrogen) atoms. The summed E-state index contributed by atoms with van der Waals surface area (Å²) in [5.41, 5.74) is 1.69. The van der Waals surface area contributed by atoms with Crippen LogP contribution in [0.25, 0.3) is 10.8 Å². The minimum atomic E-state index is -3.74. The molecule has 1 saturated heterocycles. The number of aryl methyl sites for hydroxylation is 1. The van der Waals surface area contributed by atoms with Crippen LogP contribution in [0.5, 0.6) is 0 Å². The van der Waals surface area contributed by atoms with Gasteiger partial charge in [-0.15, -0.1) is 0 Å². The lowest BCUT2D eigenvalue weighted by Gasteiger charge is -2.29. The van der Waals surface area contributed by atoms with Crippen LogP contribution in [0.1, 0.15) is 36.9 Å². The molecule has 3 aromatic rings. The Morgan fingerprint density at radius 2 is 1.75 bits per heavy atom. The van der Waals surface area contributed by atoms with Crippen LogP contribution >= 0.6 is 0 Å². The molecule has 2 heterocycles. The van der Waals surface area contributed by atoms with Crippen molar-refractivity contribution in [3.8, 4) is 0 Å². The van der Waals surface area contributed by atoms with Crippen LogP contribution in [0.4, 0.5) is 5.95 Å². The van der Waals surface area contributed by atoms with Crippen molar-refractivity contribution < 1.29 is 8.42 Å². The quantitative estimate of drug-likeness (QED) is 0.590. The molecule has 1 aliphatic heterocycles. The standard InChI is InChI=1S/C25H30N4O2S/c1-29-14-12-18(13-15-29)17-26-25-27-23-9-5-4-8-22(23)24(28-25)32(30,31)21-11-10-19-6-2-3-7-20(19)16-21/h2-3,6-7,10-11,16,18H,4-5,8-9,12-15,17H2,1H3,(H,26,27,28). The van der Waals surface area contributed by atoms with E-state index in [9.17, 15) is 8.42 Å². The van der Waals surface area contributed by atoms with Crippen molar-refractivity contribution in [2.24, 2.45) is 5.92 Å². The van der Waals surface area contributed by atoms with E-state index in [1.807, 2.05) is 30.3 Å². The van der Waals surface area contributed by atoms with E-state index in [1.54, 1.807) is 12.1 Å². The third kappa shape index (κ3) is 4.24. The van der Waals surface area contributed by atoms with E-state index in [1.165, 1.54) is 0 Å². The van der Waals surface area contributed by atoms with Crippen molar-refractivity contribution in [2.75, 3.05) is 32.0 Å². The Hall–Kier alpha value is -2.51. The zero-order chi connectivity index (χ0) is 22.1. The largest absolute Gasteiger partial charge is 0.354 e. The molecule has 0 spiro atoms. The summed E-state index contributed by atoms with van der Waals surface area (Å²) < 4.78 is 27.4. The second-order valence-corrected chi connectivity index (χ2v) is 11.0. The van der Waals surface area contributed by atoms with Crippen LogP contribution in [0.3, 0.4) is 0 Å². The van der Waals surface area contributed by atoms with Crippen molar-refractivity contribution in [1.29, 1.82) is 0 Å². The number of fused-ring (bicyclic) bond motifs is 2. The molecule has 0 radical (unpaired) electrons. The number of nitrogens with one attached hydrogen (secondary N) is 1. The molecular weight excluding hydrogens is 420 g/mol. The third-order valence-corrected chi connectivity index (χ3v) is 8.54. The zero-order valence-corrected chi connectivity index (χ0v) is 19.4. The molecule has 1 aliphatic carbocycles. The molecule has 1 N–H and O–H groups in total. The summed E-state index contributed by atoms with van der Waals surface area (Å²) in [6.45, 7) is 2.97. The van der Waals surface area contributed by atoms with E-state index in [0.717, 1.165) is 73.8 Å². The molecule has 1 fully saturated rings. The van der Waals surface area contributed by atoms with Gasteiger partial charge in [0.15, 0.2) is 5.03 Å². The second kappa shape index (κ2) is 8.79. The van der Waals surface area contributed by atoms with Crippen molar-refractivity contribution >= 4 is 26.6 Å². The van der Waals surface area contributed by atoms with Crippen molar-refractivity contribution in [1.82, 2.24) is 14.9 Å². The van der Waals surface area contributed by atoms with E-state index < -0.39 is 9.84 Å². The number of benzene rings is 2. The van der Waals surface area contributed by atoms with Gasteiger partial charge >= 0.3 is 0 Å². The van der Waals surface area contributed by atoms with Gasteiger partial charge in [0, 0.05) is 12.1 Å². The Morgan fingerprint density at radius 1 is 1.00 bits per heavy atom. The minimum absolute atomic E-state index is 0.184. The molecule has 7 heteroatoms. The second-order valence-electron chi connectivity index (χ2n) is 9.12. The average molecular weight is 451 g/mol. The average Bonchev–Trinajstić information content (AvgIpc) is 2.82. The summed E-state index contributed by atoms with van der Waals surface area (Å²) >= 11 is 0. The molecule has 0 saturated carbocycles. The van der Waals surface area contributed by atoms with E-state index in [2.05, 4.69) is 22.2 Å². The van der Waals surface area contributed by atoms with E-state index in [4.69, 9.17) is 4.98 Å². The van der Waals surface area contributed by atoms with E-state index >= 15 is 0 Å². The summed E-state index contributed by atoms with van der Waals surface area (Å²) in [4.78, 5) is 12.0. The first-order chi connectivity index (χ1) is 15.5. The number of anilines is 1. The fraction of sp³-hybridized carbons (Fsp3) is 0.440. The first-order valence-electron chi connectivity index (χ1n) is 11.6. The Bertz CT molecular complexity index is 1230. The van der Waals surface area contributed by atoms with Crippen LogP contribution in [-0.2, 0) is 22.7 Å². The van der Waals surface area contributed by atoms with Crippen LogP contribution in [0.2, 0.25) is 0 Å². The minimum Gasteiger partial charge on any atom is -0.354 e. The number of rotatable bonds is 5. The zero-order valence-electron chi connectivity index (χ0n) is 18.5. The van der Waals surface area contributed by atoms with Crippen molar-refractivity contribution in [2.45, 2.75) is 48.4 Å². The highest BCUT2D eigenvalue weighted by Gasteiger charge is 2.29. The van der Waals surface area contributed by atoms with Gasteiger partial charge in [0.2, 0.25) is 15.8 Å². The maximum atomic E-state index is 13.7. The fourth-order valence-electron chi connectivity index (χ4n) is 4.81. The molecule has 5 rings (SSSR count). The number of aromatic nitrogens is 2. The highest BCUT2D eigenvalue weighted by molar-refractivity contribution is 7.91. The number of likely N-dealkylation sites (tertiary alicyclic amines) is 1. The normalized spacial score (nSPS) is 17.9. The highest BCUT2D eigenvalue weighted by atomic mass is 32.2. The molecule has 6 nitrogen and oxygen atoms in total. The highest BCUT2D eigenvalue weighted by Crippen LogP contribution is 2.31. The monoisotopic (exact) mass is 450 g/mol. The number of sulfone groups is 1. The predicted molar refractivity (Wildman–Crippen MR) is 127 cm³/mol. The Balaban J connectivity index is 1.49. The third-order valence-electron chi connectivity index (χ3n) is 6.82. The van der Waals surface area contributed by atoms with Gasteiger partial charge in [0.05, 0.1) is 10.6 Å². The molecular formula is C25H30N4O2S. The van der Waals surface area contributed by atoms with Crippen LogP contribution in [-0.4, -0.2) is 50.0 Å². The number of piperidine rings is 1. The molecule has 168 valence electrons. The lowest BCUT2D eigenvalue weighted by Crippen LogP contribution is -2.33. The Labute approximate surface area is 190 Å². The summed E-state index contributed by atoms with van der Waals surface area (Å²) in [7, 11) is -1.59. The first-order valence-corrected chi connectivity index (χ1v) is 13.0. The summed E-state index contributed by atoms with van der Waals surface area (Å²) in [6, 6.07) is 13.1. The molecule has 1 aromatic heterocycles. The van der Waals surface area contributed by atoms with E-state index in [-0.39, 0.29) is 5.03 Å². The summed E-state index contributed by atoms with van der Waals surface area (Å²) in [5.74, 6) is 1.01. The summed E-state index contributed by atoms with van der Waals surface area (Å²) in [6.07, 6.45) is 5.80. The maximum Gasteiger partial charge on any atom is 0.224 e. The van der Waals surface area contributed by atoms with Gasteiger partial charge in [0.25, 0.3) is 0 Å². The van der Waals surface area contributed by atoms with Gasteiger partial charge in [-0.3, -0.25) is 0 Å². The van der Waals surface area contributed by atoms with Gasteiger partial charge < -0.3 is 10.2 Å². The number of nitrogens with zero attached hydrogens (tertiary/aromatic N) is 3. The lowest BCUT2D eigenvalue weighted by atomic mass is 9.97. The molecule has 0 unspecified atom stereocenters. The topological polar surface area (TPSA) is 75.2 Å². The molecule has 0 atom stereocenters. The van der Waals surface area contributed by atoms with Gasteiger partial charge in [-0.05, 0) is 87.5 Å². The Morgan fingerprint density at radius 3 is 2.56 bits per heavy atom. The van der Waals surface area contributed by atoms with Crippen LogP contribution in [0.15, 0.2) is 52.4 Å².